The fourth-order valence-corrected chi connectivity index (χ4v) is 2.70. The molecule has 0 saturated heterocycles. The number of rotatable bonds is 5. The van der Waals surface area contributed by atoms with Gasteiger partial charge in [0.1, 0.15) is 0 Å². The Kier molecular flexibility index (Phi) is 3.82. The summed E-state index contributed by atoms with van der Waals surface area (Å²) < 4.78 is 27.6. The van der Waals surface area contributed by atoms with E-state index in [1.54, 1.807) is 12.1 Å². The van der Waals surface area contributed by atoms with Gasteiger partial charge in [-0.1, -0.05) is 17.3 Å². The molecule has 7 nitrogen and oxygen atoms in total. The largest absolute Gasteiger partial charge is 0.399 e. The number of nitrogens with two attached hydrogens (primary N) is 1. The first-order valence-corrected chi connectivity index (χ1v) is 7.16. The van der Waals surface area contributed by atoms with Crippen LogP contribution in [0.3, 0.4) is 0 Å². The highest BCUT2D eigenvalue weighted by Gasteiger charge is 2.17. The molecular weight excluding hydrogens is 266 g/mol. The number of anilines is 1. The highest BCUT2D eigenvalue weighted by molar-refractivity contribution is 7.89. The summed E-state index contributed by atoms with van der Waals surface area (Å²) in [4.78, 5) is 0. The van der Waals surface area contributed by atoms with E-state index in [0.29, 0.717) is 18.7 Å². The number of sulfonamides is 1. The molecule has 0 aliphatic heterocycles. The van der Waals surface area contributed by atoms with Crippen LogP contribution in [0.5, 0.6) is 0 Å². The fraction of sp³-hybridized carbons (Fsp3) is 0.273. The standard InChI is InChI=1S/C11H15N5O2S/c1-16-11(8-13-15-16)19(17,18)14-7-6-9-2-4-10(12)5-3-9/h2-5,8,14H,6-7,12H2,1H3. The smallest absolute Gasteiger partial charge is 0.259 e. The quantitative estimate of drug-likeness (QED) is 0.746. The Morgan fingerprint density at radius 3 is 2.58 bits per heavy atom. The molecule has 8 heteroatoms. The van der Waals surface area contributed by atoms with Gasteiger partial charge in [-0.15, -0.1) is 5.10 Å². The van der Waals surface area contributed by atoms with E-state index in [4.69, 9.17) is 5.73 Å². The summed E-state index contributed by atoms with van der Waals surface area (Å²) >= 11 is 0. The molecule has 0 saturated carbocycles. The highest BCUT2D eigenvalue weighted by atomic mass is 32.2. The van der Waals surface area contributed by atoms with Crippen LogP contribution in [0.25, 0.3) is 0 Å². The predicted molar refractivity (Wildman–Crippen MR) is 70.7 cm³/mol. The van der Waals surface area contributed by atoms with Gasteiger partial charge in [0.05, 0.1) is 6.20 Å². The van der Waals surface area contributed by atoms with E-state index >= 15 is 0 Å². The molecule has 0 aliphatic rings. The van der Waals surface area contributed by atoms with Crippen molar-refractivity contribution >= 4 is 15.7 Å². The molecule has 2 aromatic rings. The zero-order valence-electron chi connectivity index (χ0n) is 10.4. The van der Waals surface area contributed by atoms with Crippen molar-refractivity contribution in [3.63, 3.8) is 0 Å². The molecule has 1 aromatic heterocycles. The van der Waals surface area contributed by atoms with Crippen molar-refractivity contribution in [1.82, 2.24) is 19.7 Å². The van der Waals surface area contributed by atoms with Crippen molar-refractivity contribution in [2.75, 3.05) is 12.3 Å². The first kappa shape index (κ1) is 13.5. The number of nitrogen functional groups attached to an aromatic ring is 1. The van der Waals surface area contributed by atoms with Crippen LogP contribution in [-0.4, -0.2) is 30.0 Å². The van der Waals surface area contributed by atoms with Crippen LogP contribution in [0.2, 0.25) is 0 Å². The van der Waals surface area contributed by atoms with E-state index in [2.05, 4.69) is 15.0 Å². The van der Waals surface area contributed by atoms with Gasteiger partial charge in [0, 0.05) is 19.3 Å². The van der Waals surface area contributed by atoms with Crippen molar-refractivity contribution in [1.29, 1.82) is 0 Å². The Morgan fingerprint density at radius 2 is 2.00 bits per heavy atom. The number of hydrogen-bond acceptors (Lipinski definition) is 5. The van der Waals surface area contributed by atoms with Gasteiger partial charge in [-0.05, 0) is 24.1 Å². The molecule has 19 heavy (non-hydrogen) atoms. The average Bonchev–Trinajstić information content (AvgIpc) is 2.79. The Labute approximate surface area is 111 Å². The van der Waals surface area contributed by atoms with Gasteiger partial charge in [0.2, 0.25) is 0 Å². The Balaban J connectivity index is 1.96. The molecule has 2 rings (SSSR count). The topological polar surface area (TPSA) is 103 Å². The highest BCUT2D eigenvalue weighted by Crippen LogP contribution is 2.07. The van der Waals surface area contributed by atoms with E-state index in [1.807, 2.05) is 12.1 Å². The van der Waals surface area contributed by atoms with Gasteiger partial charge >= 0.3 is 0 Å². The normalized spacial score (nSPS) is 11.6. The SMILES string of the molecule is Cn1nncc1S(=O)(=O)NCCc1ccc(N)cc1. The van der Waals surface area contributed by atoms with Crippen LogP contribution in [0.15, 0.2) is 35.5 Å². The lowest BCUT2D eigenvalue weighted by molar-refractivity contribution is 0.561. The summed E-state index contributed by atoms with van der Waals surface area (Å²) in [7, 11) is -2.03. The van der Waals surface area contributed by atoms with Crippen LogP contribution in [0, 0.1) is 0 Å². The molecule has 0 aliphatic carbocycles. The third-order valence-corrected chi connectivity index (χ3v) is 4.14. The molecular formula is C11H15N5O2S. The summed E-state index contributed by atoms with van der Waals surface area (Å²) in [5.41, 5.74) is 7.28. The number of benzene rings is 1. The van der Waals surface area contributed by atoms with Crippen LogP contribution in [0.1, 0.15) is 5.56 Å². The molecule has 0 amide bonds. The second-order valence-electron chi connectivity index (χ2n) is 4.09. The minimum atomic E-state index is -3.56. The molecule has 0 unspecified atom stereocenters. The molecule has 0 atom stereocenters. The van der Waals surface area contributed by atoms with Crippen molar-refractivity contribution in [3.8, 4) is 0 Å². The second kappa shape index (κ2) is 5.37. The van der Waals surface area contributed by atoms with E-state index in [0.717, 1.165) is 5.56 Å². The molecule has 1 heterocycles. The number of hydrogen-bond donors (Lipinski definition) is 2. The lowest BCUT2D eigenvalue weighted by Crippen LogP contribution is -2.27. The van der Waals surface area contributed by atoms with Crippen LogP contribution in [0.4, 0.5) is 5.69 Å². The summed E-state index contributed by atoms with van der Waals surface area (Å²) in [6.07, 6.45) is 1.80. The second-order valence-corrected chi connectivity index (χ2v) is 5.80. The van der Waals surface area contributed by atoms with Gasteiger partial charge < -0.3 is 5.73 Å². The number of aryl methyl sites for hydroxylation is 1. The molecule has 0 spiro atoms. The van der Waals surface area contributed by atoms with Gasteiger partial charge in [-0.2, -0.15) is 0 Å². The maximum Gasteiger partial charge on any atom is 0.259 e. The van der Waals surface area contributed by atoms with Crippen LogP contribution < -0.4 is 10.5 Å². The van der Waals surface area contributed by atoms with Crippen LogP contribution >= 0.6 is 0 Å². The van der Waals surface area contributed by atoms with E-state index in [9.17, 15) is 8.42 Å². The van der Waals surface area contributed by atoms with E-state index < -0.39 is 10.0 Å². The Hall–Kier alpha value is -1.93. The maximum absolute atomic E-state index is 11.9. The van der Waals surface area contributed by atoms with Crippen molar-refractivity contribution in [2.45, 2.75) is 11.4 Å². The van der Waals surface area contributed by atoms with E-state index in [-0.39, 0.29) is 5.03 Å². The molecule has 3 N–H and O–H groups in total. The zero-order valence-corrected chi connectivity index (χ0v) is 11.3. The number of nitrogens with zero attached hydrogens (tertiary/aromatic N) is 3. The lowest BCUT2D eigenvalue weighted by atomic mass is 10.1. The zero-order chi connectivity index (χ0) is 13.9. The van der Waals surface area contributed by atoms with Crippen molar-refractivity contribution in [2.24, 2.45) is 7.05 Å². The molecule has 0 radical (unpaired) electrons. The number of nitrogens with one attached hydrogen (secondary N) is 1. The predicted octanol–water partition coefficient (Wildman–Crippen LogP) is -0.0817. The first-order valence-electron chi connectivity index (χ1n) is 5.68. The van der Waals surface area contributed by atoms with Gasteiger partial charge in [0.25, 0.3) is 10.0 Å². The minimum Gasteiger partial charge on any atom is -0.399 e. The van der Waals surface area contributed by atoms with Crippen molar-refractivity contribution in [3.05, 3.63) is 36.0 Å². The van der Waals surface area contributed by atoms with Gasteiger partial charge in [0.15, 0.2) is 5.03 Å². The van der Waals surface area contributed by atoms with Crippen LogP contribution in [-0.2, 0) is 23.5 Å². The lowest BCUT2D eigenvalue weighted by Gasteiger charge is -2.06. The number of aromatic nitrogens is 3. The minimum absolute atomic E-state index is 0.0461. The summed E-state index contributed by atoms with van der Waals surface area (Å²) in [5.74, 6) is 0. The molecule has 102 valence electrons. The summed E-state index contributed by atoms with van der Waals surface area (Å²) in [6.45, 7) is 0.303. The average molecular weight is 281 g/mol. The molecule has 0 bridgehead atoms. The summed E-state index contributed by atoms with van der Waals surface area (Å²) in [5, 5.41) is 7.18. The first-order chi connectivity index (χ1) is 8.99. The molecule has 1 aromatic carbocycles. The third-order valence-electron chi connectivity index (χ3n) is 2.63. The third kappa shape index (κ3) is 3.30. The van der Waals surface area contributed by atoms with E-state index in [1.165, 1.54) is 17.9 Å². The summed E-state index contributed by atoms with van der Waals surface area (Å²) in [6, 6.07) is 7.31. The monoisotopic (exact) mass is 281 g/mol. The fourth-order valence-electron chi connectivity index (χ4n) is 1.61. The van der Waals surface area contributed by atoms with Crippen molar-refractivity contribution < 1.29 is 8.42 Å². The maximum atomic E-state index is 11.9. The Morgan fingerprint density at radius 1 is 1.32 bits per heavy atom. The molecule has 0 fully saturated rings. The Bertz CT molecular complexity index is 648. The van der Waals surface area contributed by atoms with Gasteiger partial charge in [-0.3, -0.25) is 0 Å². The van der Waals surface area contributed by atoms with Gasteiger partial charge in [-0.25, -0.2) is 17.8 Å².